The van der Waals surface area contributed by atoms with Gasteiger partial charge in [-0.25, -0.2) is 0 Å². The quantitative estimate of drug-likeness (QED) is 0.553. The van der Waals surface area contributed by atoms with Crippen LogP contribution in [0.2, 0.25) is 5.02 Å². The zero-order valence-electron chi connectivity index (χ0n) is 17.6. The minimum absolute atomic E-state index is 0.0122. The molecule has 1 atom stereocenters. The van der Waals surface area contributed by atoms with Crippen LogP contribution < -0.4 is 9.64 Å². The van der Waals surface area contributed by atoms with Crippen molar-refractivity contribution in [1.29, 1.82) is 0 Å². The Hall–Kier alpha value is -2.90. The summed E-state index contributed by atoms with van der Waals surface area (Å²) in [6.07, 6.45) is 5.79. The van der Waals surface area contributed by atoms with Crippen molar-refractivity contribution in [3.8, 4) is 11.5 Å². The first-order valence-electron chi connectivity index (χ1n) is 10.2. The Balaban J connectivity index is 1.42. The zero-order chi connectivity index (χ0) is 21.8. The van der Waals surface area contributed by atoms with Crippen LogP contribution >= 0.6 is 11.6 Å². The van der Waals surface area contributed by atoms with Crippen molar-refractivity contribution in [3.05, 3.63) is 53.9 Å². The molecular formula is C23H25ClN4O3. The third-order valence-electron chi connectivity index (χ3n) is 5.54. The molecule has 3 heterocycles. The van der Waals surface area contributed by atoms with Crippen molar-refractivity contribution in [2.75, 3.05) is 45.3 Å². The summed E-state index contributed by atoms with van der Waals surface area (Å²) in [5, 5.41) is 1.25. The van der Waals surface area contributed by atoms with E-state index >= 15 is 0 Å². The molecule has 0 aliphatic carbocycles. The highest BCUT2D eigenvalue weighted by Crippen LogP contribution is 2.32. The molecule has 1 aliphatic heterocycles. The van der Waals surface area contributed by atoms with Crippen molar-refractivity contribution in [2.45, 2.75) is 6.42 Å². The van der Waals surface area contributed by atoms with E-state index in [4.69, 9.17) is 21.1 Å². The minimum atomic E-state index is 0.0122. The van der Waals surface area contributed by atoms with Crippen molar-refractivity contribution >= 4 is 34.1 Å². The molecular weight excluding hydrogens is 416 g/mol. The molecule has 4 rings (SSSR count). The van der Waals surface area contributed by atoms with Gasteiger partial charge in [0.25, 0.3) is 0 Å². The number of hydrogen-bond donors (Lipinski definition) is 0. The zero-order valence-corrected chi connectivity index (χ0v) is 18.4. The second-order valence-electron chi connectivity index (χ2n) is 7.61. The molecule has 0 unspecified atom stereocenters. The number of carbonyl (C=O) groups is 1. The molecule has 162 valence electrons. The van der Waals surface area contributed by atoms with Crippen LogP contribution in [0, 0.1) is 5.92 Å². The van der Waals surface area contributed by atoms with E-state index in [2.05, 4.69) is 14.9 Å². The van der Waals surface area contributed by atoms with E-state index in [1.165, 1.54) is 0 Å². The van der Waals surface area contributed by atoms with Crippen molar-refractivity contribution in [2.24, 2.45) is 5.92 Å². The summed E-state index contributed by atoms with van der Waals surface area (Å²) >= 11 is 6.18. The number of carbonyl (C=O) groups excluding carboxylic acids is 1. The standard InChI is InChI=1S/C23H25ClN4O3/c1-27(11-12-30-2)23(29)16-8-10-28(15-16)17-3-5-18(6-4-17)31-21-7-9-26-22-19(21)13-25-14-20(22)24/h3-7,9,13-14,16H,8,10-12,15H2,1-2H3/t16-/m0/s1. The Labute approximate surface area is 186 Å². The van der Waals surface area contributed by atoms with Crippen LogP contribution in [0.5, 0.6) is 11.5 Å². The van der Waals surface area contributed by atoms with Crippen LogP contribution in [0.15, 0.2) is 48.9 Å². The molecule has 2 aromatic heterocycles. The molecule has 1 aliphatic rings. The van der Waals surface area contributed by atoms with E-state index in [-0.39, 0.29) is 11.8 Å². The predicted molar refractivity (Wildman–Crippen MR) is 121 cm³/mol. The molecule has 1 amide bonds. The van der Waals surface area contributed by atoms with Gasteiger partial charge in [-0.2, -0.15) is 0 Å². The van der Waals surface area contributed by atoms with Gasteiger partial charge in [0.05, 0.1) is 28.5 Å². The highest BCUT2D eigenvalue weighted by atomic mass is 35.5. The summed E-state index contributed by atoms with van der Waals surface area (Å²) in [4.78, 5) is 25.1. The Bertz CT molecular complexity index is 1060. The summed E-state index contributed by atoms with van der Waals surface area (Å²) in [5.41, 5.74) is 1.74. The second-order valence-corrected chi connectivity index (χ2v) is 8.01. The molecule has 1 aromatic carbocycles. The predicted octanol–water partition coefficient (Wildman–Crippen LogP) is 4.01. The fraction of sp³-hybridized carbons (Fsp3) is 0.348. The fourth-order valence-corrected chi connectivity index (χ4v) is 4.00. The lowest BCUT2D eigenvalue weighted by molar-refractivity contribution is -0.134. The number of ether oxygens (including phenoxy) is 2. The van der Waals surface area contributed by atoms with Gasteiger partial charge in [0.1, 0.15) is 11.5 Å². The molecule has 3 aromatic rings. The Morgan fingerprint density at radius 2 is 2.06 bits per heavy atom. The third kappa shape index (κ3) is 4.73. The topological polar surface area (TPSA) is 67.8 Å². The van der Waals surface area contributed by atoms with Gasteiger partial charge < -0.3 is 19.3 Å². The van der Waals surface area contributed by atoms with Crippen LogP contribution in [-0.2, 0) is 9.53 Å². The normalized spacial score (nSPS) is 16.0. The van der Waals surface area contributed by atoms with Crippen molar-refractivity contribution in [3.63, 3.8) is 0 Å². The number of benzene rings is 1. The SMILES string of the molecule is COCCN(C)C(=O)[C@H]1CCN(c2ccc(Oc3ccnc4c(Cl)cncc34)cc2)C1. The summed E-state index contributed by atoms with van der Waals surface area (Å²) < 4.78 is 11.1. The first-order chi connectivity index (χ1) is 15.1. The minimum Gasteiger partial charge on any atom is -0.457 e. The molecule has 1 fully saturated rings. The molecule has 0 spiro atoms. The van der Waals surface area contributed by atoms with Crippen LogP contribution in [-0.4, -0.2) is 61.2 Å². The molecule has 0 saturated carbocycles. The number of pyridine rings is 2. The van der Waals surface area contributed by atoms with Crippen molar-refractivity contribution in [1.82, 2.24) is 14.9 Å². The van der Waals surface area contributed by atoms with Gasteiger partial charge in [-0.3, -0.25) is 14.8 Å². The maximum Gasteiger partial charge on any atom is 0.227 e. The number of halogens is 1. The third-order valence-corrected chi connectivity index (χ3v) is 5.82. The molecule has 7 nitrogen and oxygen atoms in total. The molecule has 0 bridgehead atoms. The van der Waals surface area contributed by atoms with Gasteiger partial charge in [-0.05, 0) is 36.8 Å². The lowest BCUT2D eigenvalue weighted by Crippen LogP contribution is -2.36. The van der Waals surface area contributed by atoms with Gasteiger partial charge in [-0.15, -0.1) is 0 Å². The Morgan fingerprint density at radius 3 is 2.84 bits per heavy atom. The largest absolute Gasteiger partial charge is 0.457 e. The summed E-state index contributed by atoms with van der Waals surface area (Å²) in [7, 11) is 3.48. The van der Waals surface area contributed by atoms with E-state index in [0.29, 0.717) is 35.2 Å². The number of rotatable bonds is 7. The lowest BCUT2D eigenvalue weighted by Gasteiger charge is -2.22. The van der Waals surface area contributed by atoms with Crippen molar-refractivity contribution < 1.29 is 14.3 Å². The first kappa shape index (κ1) is 21.3. The van der Waals surface area contributed by atoms with Crippen LogP contribution in [0.3, 0.4) is 0 Å². The smallest absolute Gasteiger partial charge is 0.227 e. The van der Waals surface area contributed by atoms with E-state index in [1.807, 2.05) is 31.3 Å². The molecule has 8 heteroatoms. The van der Waals surface area contributed by atoms with Gasteiger partial charge in [0.15, 0.2) is 0 Å². The molecule has 31 heavy (non-hydrogen) atoms. The lowest BCUT2D eigenvalue weighted by atomic mass is 10.1. The number of anilines is 1. The fourth-order valence-electron chi connectivity index (χ4n) is 3.80. The Morgan fingerprint density at radius 1 is 1.26 bits per heavy atom. The highest BCUT2D eigenvalue weighted by Gasteiger charge is 2.30. The van der Waals surface area contributed by atoms with E-state index in [9.17, 15) is 4.79 Å². The number of aromatic nitrogens is 2. The average molecular weight is 441 g/mol. The van der Waals surface area contributed by atoms with Gasteiger partial charge >= 0.3 is 0 Å². The molecule has 1 saturated heterocycles. The second kappa shape index (κ2) is 9.49. The summed E-state index contributed by atoms with van der Waals surface area (Å²) in [6.45, 7) is 2.74. The van der Waals surface area contributed by atoms with Crippen LogP contribution in [0.1, 0.15) is 6.42 Å². The number of nitrogens with zero attached hydrogens (tertiary/aromatic N) is 4. The van der Waals surface area contributed by atoms with Gasteiger partial charge in [-0.1, -0.05) is 11.6 Å². The molecule has 0 N–H and O–H groups in total. The van der Waals surface area contributed by atoms with Gasteiger partial charge in [0, 0.05) is 58.1 Å². The molecule has 0 radical (unpaired) electrons. The van der Waals surface area contributed by atoms with E-state index < -0.39 is 0 Å². The van der Waals surface area contributed by atoms with Gasteiger partial charge in [0.2, 0.25) is 5.91 Å². The monoisotopic (exact) mass is 440 g/mol. The van der Waals surface area contributed by atoms with E-state index in [0.717, 1.165) is 30.6 Å². The average Bonchev–Trinajstić information content (AvgIpc) is 3.28. The number of fused-ring (bicyclic) bond motifs is 1. The first-order valence-corrected chi connectivity index (χ1v) is 10.6. The Kier molecular flexibility index (Phi) is 6.53. The number of hydrogen-bond acceptors (Lipinski definition) is 6. The maximum atomic E-state index is 12.6. The van der Waals surface area contributed by atoms with Crippen LogP contribution in [0.25, 0.3) is 10.9 Å². The maximum absolute atomic E-state index is 12.6. The highest BCUT2D eigenvalue weighted by molar-refractivity contribution is 6.35. The van der Waals surface area contributed by atoms with Crippen LogP contribution in [0.4, 0.5) is 5.69 Å². The summed E-state index contributed by atoms with van der Waals surface area (Å²) in [6, 6.07) is 9.70. The van der Waals surface area contributed by atoms with E-state index in [1.54, 1.807) is 36.7 Å². The number of amides is 1. The number of methoxy groups -OCH3 is 1. The number of likely N-dealkylation sites (N-methyl/N-ethyl adjacent to an activating group) is 1. The summed E-state index contributed by atoms with van der Waals surface area (Å²) in [5.74, 6) is 1.55.